The molecule has 1 saturated heterocycles. The Morgan fingerprint density at radius 2 is 1.70 bits per heavy atom. The first-order chi connectivity index (χ1) is 16.1. The number of rotatable bonds is 7. The van der Waals surface area contributed by atoms with Gasteiger partial charge < -0.3 is 24.6 Å². The molecule has 1 aliphatic carbocycles. The largest absolute Gasteiger partial charge is 0.480 e. The van der Waals surface area contributed by atoms with Gasteiger partial charge in [-0.3, -0.25) is 4.79 Å². The number of likely N-dealkylation sites (N-methyl/N-ethyl adjacent to an activating group) is 1. The summed E-state index contributed by atoms with van der Waals surface area (Å²) in [6.07, 6.45) is 5.46. The van der Waals surface area contributed by atoms with Crippen LogP contribution in [0.3, 0.4) is 0 Å². The van der Waals surface area contributed by atoms with Gasteiger partial charge in [-0.15, -0.1) is 0 Å². The van der Waals surface area contributed by atoms with Crippen LogP contribution < -0.4 is 19.7 Å². The van der Waals surface area contributed by atoms with Gasteiger partial charge in [0, 0.05) is 42.7 Å². The summed E-state index contributed by atoms with van der Waals surface area (Å²) < 4.78 is 11.3. The van der Waals surface area contributed by atoms with E-state index in [0.29, 0.717) is 22.6 Å². The molecule has 9 heteroatoms. The normalized spacial score (nSPS) is 17.6. The lowest BCUT2D eigenvalue weighted by atomic mass is 9.88. The lowest BCUT2D eigenvalue weighted by molar-refractivity contribution is -0.120. The fraction of sp³-hybridized carbons (Fsp3) is 0.542. The quantitative estimate of drug-likeness (QED) is 0.651. The minimum atomic E-state index is 0.116. The van der Waals surface area contributed by atoms with E-state index in [4.69, 9.17) is 9.47 Å². The van der Waals surface area contributed by atoms with Gasteiger partial charge in [0.2, 0.25) is 23.6 Å². The molecule has 1 N–H and O–H groups in total. The SMILES string of the molecule is COc1nc(N2CCN(C)CC2)nc(OC)c1Sc1cccc(NC(=O)C2CCCCC2)c1. The molecule has 2 aliphatic rings. The maximum atomic E-state index is 12.7. The Morgan fingerprint density at radius 3 is 2.33 bits per heavy atom. The number of amides is 1. The Balaban J connectivity index is 1.52. The third-order valence-electron chi connectivity index (χ3n) is 6.26. The zero-order valence-electron chi connectivity index (χ0n) is 19.7. The van der Waals surface area contributed by atoms with Crippen LogP contribution in [0.4, 0.5) is 11.6 Å². The van der Waals surface area contributed by atoms with Crippen LogP contribution in [-0.2, 0) is 4.79 Å². The fourth-order valence-corrected chi connectivity index (χ4v) is 5.28. The van der Waals surface area contributed by atoms with Gasteiger partial charge in [-0.05, 0) is 38.1 Å². The molecule has 2 heterocycles. The van der Waals surface area contributed by atoms with Crippen molar-refractivity contribution in [3.05, 3.63) is 24.3 Å². The van der Waals surface area contributed by atoms with Crippen LogP contribution in [-0.4, -0.2) is 68.2 Å². The first-order valence-electron chi connectivity index (χ1n) is 11.6. The van der Waals surface area contributed by atoms with Crippen LogP contribution >= 0.6 is 11.8 Å². The van der Waals surface area contributed by atoms with E-state index in [9.17, 15) is 4.79 Å². The summed E-state index contributed by atoms with van der Waals surface area (Å²) in [6, 6.07) is 7.83. The Hall–Kier alpha value is -2.52. The molecule has 0 unspecified atom stereocenters. The second-order valence-electron chi connectivity index (χ2n) is 8.62. The highest BCUT2D eigenvalue weighted by Gasteiger charge is 2.24. The minimum absolute atomic E-state index is 0.116. The number of nitrogens with zero attached hydrogens (tertiary/aromatic N) is 4. The predicted octanol–water partition coefficient (Wildman–Crippen LogP) is 3.92. The number of hydrogen-bond donors (Lipinski definition) is 1. The molecular weight excluding hydrogens is 438 g/mol. The van der Waals surface area contributed by atoms with Gasteiger partial charge in [-0.2, -0.15) is 9.97 Å². The molecule has 2 aromatic rings. The van der Waals surface area contributed by atoms with E-state index in [-0.39, 0.29) is 11.8 Å². The average Bonchev–Trinajstić information content (AvgIpc) is 2.85. The third kappa shape index (κ3) is 5.89. The van der Waals surface area contributed by atoms with Crippen LogP contribution in [0.5, 0.6) is 11.8 Å². The van der Waals surface area contributed by atoms with E-state index in [1.165, 1.54) is 18.2 Å². The highest BCUT2D eigenvalue weighted by atomic mass is 32.2. The smallest absolute Gasteiger partial charge is 0.236 e. The van der Waals surface area contributed by atoms with Crippen molar-refractivity contribution in [3.63, 3.8) is 0 Å². The van der Waals surface area contributed by atoms with E-state index in [0.717, 1.165) is 62.4 Å². The summed E-state index contributed by atoms with van der Waals surface area (Å²) in [5.41, 5.74) is 0.795. The van der Waals surface area contributed by atoms with Gasteiger partial charge in [-0.1, -0.05) is 37.1 Å². The van der Waals surface area contributed by atoms with Crippen LogP contribution in [0.1, 0.15) is 32.1 Å². The van der Waals surface area contributed by atoms with Gasteiger partial charge in [0.05, 0.1) is 14.2 Å². The predicted molar refractivity (Wildman–Crippen MR) is 131 cm³/mol. The topological polar surface area (TPSA) is 79.8 Å². The van der Waals surface area contributed by atoms with Crippen molar-refractivity contribution in [1.82, 2.24) is 14.9 Å². The lowest BCUT2D eigenvalue weighted by Crippen LogP contribution is -2.45. The van der Waals surface area contributed by atoms with Gasteiger partial charge in [0.1, 0.15) is 4.90 Å². The number of aromatic nitrogens is 2. The van der Waals surface area contributed by atoms with E-state index < -0.39 is 0 Å². The third-order valence-corrected chi connectivity index (χ3v) is 7.30. The number of hydrogen-bond acceptors (Lipinski definition) is 8. The Kier molecular flexibility index (Phi) is 7.93. The zero-order chi connectivity index (χ0) is 23.2. The van der Waals surface area contributed by atoms with Crippen LogP contribution in [0.15, 0.2) is 34.1 Å². The number of benzene rings is 1. The molecule has 1 aromatic carbocycles. The molecule has 8 nitrogen and oxygen atoms in total. The maximum absolute atomic E-state index is 12.7. The van der Waals surface area contributed by atoms with Gasteiger partial charge >= 0.3 is 0 Å². The summed E-state index contributed by atoms with van der Waals surface area (Å²) in [4.78, 5) is 28.1. The van der Waals surface area contributed by atoms with Crippen molar-refractivity contribution in [2.75, 3.05) is 57.7 Å². The number of piperazine rings is 1. The van der Waals surface area contributed by atoms with E-state index in [2.05, 4.69) is 32.1 Å². The van der Waals surface area contributed by atoms with Crippen molar-refractivity contribution in [1.29, 1.82) is 0 Å². The van der Waals surface area contributed by atoms with E-state index in [1.54, 1.807) is 14.2 Å². The number of nitrogens with one attached hydrogen (secondary N) is 1. The molecule has 33 heavy (non-hydrogen) atoms. The molecule has 4 rings (SSSR count). The van der Waals surface area contributed by atoms with Gasteiger partial charge in [0.25, 0.3) is 0 Å². The molecular formula is C24H33N5O3S. The molecule has 2 fully saturated rings. The van der Waals surface area contributed by atoms with Crippen LogP contribution in [0, 0.1) is 5.92 Å². The minimum Gasteiger partial charge on any atom is -0.480 e. The number of carbonyl (C=O) groups excluding carboxylic acids is 1. The molecule has 0 radical (unpaired) electrons. The van der Waals surface area contributed by atoms with Crippen LogP contribution in [0.2, 0.25) is 0 Å². The fourth-order valence-electron chi connectivity index (χ4n) is 4.28. The first kappa shape index (κ1) is 23.6. The van der Waals surface area contributed by atoms with E-state index >= 15 is 0 Å². The van der Waals surface area contributed by atoms with Crippen molar-refractivity contribution in [2.45, 2.75) is 41.9 Å². The summed E-state index contributed by atoms with van der Waals surface area (Å²) in [5.74, 6) is 1.82. The second-order valence-corrected chi connectivity index (χ2v) is 9.70. The monoisotopic (exact) mass is 471 g/mol. The molecule has 1 aliphatic heterocycles. The molecule has 1 aromatic heterocycles. The van der Waals surface area contributed by atoms with Crippen molar-refractivity contribution < 1.29 is 14.3 Å². The van der Waals surface area contributed by atoms with Crippen LogP contribution in [0.25, 0.3) is 0 Å². The average molecular weight is 472 g/mol. The Morgan fingerprint density at radius 1 is 1.03 bits per heavy atom. The molecule has 178 valence electrons. The maximum Gasteiger partial charge on any atom is 0.236 e. The number of anilines is 2. The molecule has 0 spiro atoms. The molecule has 1 saturated carbocycles. The van der Waals surface area contributed by atoms with Gasteiger partial charge in [0.15, 0.2) is 0 Å². The summed E-state index contributed by atoms with van der Waals surface area (Å²) in [6.45, 7) is 3.64. The van der Waals surface area contributed by atoms with Crippen molar-refractivity contribution >= 4 is 29.3 Å². The molecule has 0 atom stereocenters. The zero-order valence-corrected chi connectivity index (χ0v) is 20.5. The van der Waals surface area contributed by atoms with Crippen molar-refractivity contribution in [2.24, 2.45) is 5.92 Å². The Labute approximate surface area is 200 Å². The number of ether oxygens (including phenoxy) is 2. The second kappa shape index (κ2) is 11.1. The Bertz CT molecular complexity index is 934. The van der Waals surface area contributed by atoms with Gasteiger partial charge in [-0.25, -0.2) is 0 Å². The summed E-state index contributed by atoms with van der Waals surface area (Å²) in [5, 5.41) is 3.09. The summed E-state index contributed by atoms with van der Waals surface area (Å²) >= 11 is 1.47. The summed E-state index contributed by atoms with van der Waals surface area (Å²) in [7, 11) is 5.34. The van der Waals surface area contributed by atoms with E-state index in [1.807, 2.05) is 24.3 Å². The number of methoxy groups -OCH3 is 2. The lowest BCUT2D eigenvalue weighted by Gasteiger charge is -2.32. The number of carbonyl (C=O) groups is 1. The molecule has 1 amide bonds. The standard InChI is InChI=1S/C24H33N5O3S/c1-28-12-14-29(15-13-28)24-26-22(31-2)20(23(27-24)32-3)33-19-11-7-10-18(16-19)25-21(30)17-8-5-4-6-9-17/h7,10-11,16-17H,4-6,8-9,12-15H2,1-3H3,(H,25,30). The first-order valence-corrected chi connectivity index (χ1v) is 12.4. The molecule has 0 bridgehead atoms. The van der Waals surface area contributed by atoms with Crippen molar-refractivity contribution in [3.8, 4) is 11.8 Å². The highest BCUT2D eigenvalue weighted by molar-refractivity contribution is 7.99. The highest BCUT2D eigenvalue weighted by Crippen LogP contribution is 2.41.